The van der Waals surface area contributed by atoms with E-state index in [0.717, 1.165) is 43.5 Å². The largest absolute Gasteiger partial charge is 0.333 e. The zero-order valence-electron chi connectivity index (χ0n) is 14.5. The van der Waals surface area contributed by atoms with Crippen LogP contribution >= 0.6 is 12.4 Å². The van der Waals surface area contributed by atoms with Crippen LogP contribution < -0.4 is 11.0 Å². The number of imidazole rings is 1. The molecule has 0 bridgehead atoms. The summed E-state index contributed by atoms with van der Waals surface area (Å²) in [6, 6.07) is 6.09. The van der Waals surface area contributed by atoms with Gasteiger partial charge in [0.05, 0.1) is 11.0 Å². The lowest BCUT2D eigenvalue weighted by Gasteiger charge is -2.34. The quantitative estimate of drug-likeness (QED) is 0.859. The van der Waals surface area contributed by atoms with E-state index in [1.165, 1.54) is 12.8 Å². The number of hydrogen-bond acceptors (Lipinski definition) is 3. The van der Waals surface area contributed by atoms with Gasteiger partial charge >= 0.3 is 5.69 Å². The lowest BCUT2D eigenvalue weighted by Crippen LogP contribution is -2.52. The summed E-state index contributed by atoms with van der Waals surface area (Å²) in [5.41, 5.74) is 2.27. The van der Waals surface area contributed by atoms with Crippen LogP contribution in [0.5, 0.6) is 0 Å². The van der Waals surface area contributed by atoms with Gasteiger partial charge < -0.3 is 15.2 Å². The van der Waals surface area contributed by atoms with E-state index in [0.29, 0.717) is 11.6 Å². The van der Waals surface area contributed by atoms with Crippen molar-refractivity contribution in [2.24, 2.45) is 0 Å². The van der Waals surface area contributed by atoms with Crippen LogP contribution in [0.1, 0.15) is 49.0 Å². The average molecular weight is 365 g/mol. The fourth-order valence-corrected chi connectivity index (χ4v) is 4.10. The summed E-state index contributed by atoms with van der Waals surface area (Å²) in [6.07, 6.45) is 4.49. The van der Waals surface area contributed by atoms with E-state index < -0.39 is 0 Å². The Hall–Kier alpha value is -1.79. The number of aromatic amines is 1. The van der Waals surface area contributed by atoms with Gasteiger partial charge in [0, 0.05) is 37.3 Å². The Morgan fingerprint density at radius 2 is 2.00 bits per heavy atom. The summed E-state index contributed by atoms with van der Waals surface area (Å²) in [6.45, 7) is 4.43. The number of benzene rings is 1. The second-order valence-electron chi connectivity index (χ2n) is 7.02. The first-order valence-electron chi connectivity index (χ1n) is 8.91. The van der Waals surface area contributed by atoms with Crippen molar-refractivity contribution in [3.05, 3.63) is 34.2 Å². The number of rotatable bonds is 2. The molecule has 6 nitrogen and oxygen atoms in total. The highest BCUT2D eigenvalue weighted by Crippen LogP contribution is 2.30. The van der Waals surface area contributed by atoms with E-state index in [2.05, 4.69) is 17.2 Å². The van der Waals surface area contributed by atoms with E-state index >= 15 is 0 Å². The molecule has 7 heteroatoms. The Kier molecular flexibility index (Phi) is 5.20. The molecule has 25 heavy (non-hydrogen) atoms. The number of hydrogen-bond donors (Lipinski definition) is 2. The third kappa shape index (κ3) is 3.20. The van der Waals surface area contributed by atoms with Crippen LogP contribution in [0.15, 0.2) is 23.0 Å². The number of fused-ring (bicyclic) bond motifs is 1. The van der Waals surface area contributed by atoms with Crippen molar-refractivity contribution in [2.45, 2.75) is 44.7 Å². The highest BCUT2D eigenvalue weighted by molar-refractivity contribution is 5.97. The first-order chi connectivity index (χ1) is 11.6. The molecular formula is C18H25ClN4O2. The molecule has 1 saturated carbocycles. The Labute approximate surface area is 153 Å². The SMILES string of the molecule is CC1CNCCN1C(=O)c1ccc2c(c1)[nH]c(=O)n2C1CCCC1.Cl. The molecule has 2 aliphatic rings. The maximum absolute atomic E-state index is 12.8. The Balaban J connectivity index is 0.00000182. The van der Waals surface area contributed by atoms with Crippen molar-refractivity contribution >= 4 is 29.3 Å². The van der Waals surface area contributed by atoms with E-state index in [9.17, 15) is 9.59 Å². The summed E-state index contributed by atoms with van der Waals surface area (Å²) in [4.78, 5) is 30.0. The number of carbonyl (C=O) groups is 1. The molecule has 1 aliphatic carbocycles. The number of H-pyrrole nitrogens is 1. The number of amides is 1. The van der Waals surface area contributed by atoms with Gasteiger partial charge in [0.15, 0.2) is 0 Å². The van der Waals surface area contributed by atoms with E-state index in [-0.39, 0.29) is 30.0 Å². The molecular weight excluding hydrogens is 340 g/mol. The number of piperazine rings is 1. The number of nitrogens with zero attached hydrogens (tertiary/aromatic N) is 2. The van der Waals surface area contributed by atoms with Gasteiger partial charge in [-0.05, 0) is 38.0 Å². The molecule has 0 radical (unpaired) electrons. The highest BCUT2D eigenvalue weighted by Gasteiger charge is 2.25. The van der Waals surface area contributed by atoms with Crippen LogP contribution in [0.2, 0.25) is 0 Å². The Bertz CT molecular complexity index is 822. The molecule has 1 atom stereocenters. The summed E-state index contributed by atoms with van der Waals surface area (Å²) in [7, 11) is 0. The lowest BCUT2D eigenvalue weighted by molar-refractivity contribution is 0.0656. The van der Waals surface area contributed by atoms with E-state index in [4.69, 9.17) is 0 Å². The topological polar surface area (TPSA) is 70.1 Å². The molecule has 1 aromatic heterocycles. The van der Waals surface area contributed by atoms with Crippen molar-refractivity contribution in [1.29, 1.82) is 0 Å². The number of nitrogens with one attached hydrogen (secondary N) is 2. The van der Waals surface area contributed by atoms with Crippen molar-refractivity contribution in [1.82, 2.24) is 19.8 Å². The second kappa shape index (κ2) is 7.22. The molecule has 4 rings (SSSR count). The lowest BCUT2D eigenvalue weighted by atomic mass is 10.1. The molecule has 2 aromatic rings. The number of halogens is 1. The molecule has 2 fully saturated rings. The number of carbonyl (C=O) groups excluding carboxylic acids is 1. The van der Waals surface area contributed by atoms with Gasteiger partial charge in [-0.3, -0.25) is 9.36 Å². The van der Waals surface area contributed by atoms with Crippen molar-refractivity contribution in [3.8, 4) is 0 Å². The van der Waals surface area contributed by atoms with Crippen molar-refractivity contribution in [3.63, 3.8) is 0 Å². The van der Waals surface area contributed by atoms with Gasteiger partial charge in [-0.2, -0.15) is 0 Å². The minimum atomic E-state index is -0.0583. The minimum Gasteiger partial charge on any atom is -0.333 e. The first-order valence-corrected chi connectivity index (χ1v) is 8.91. The molecule has 1 amide bonds. The zero-order chi connectivity index (χ0) is 16.7. The molecule has 1 aromatic carbocycles. The van der Waals surface area contributed by atoms with E-state index in [1.54, 1.807) is 0 Å². The predicted octanol–water partition coefficient (Wildman–Crippen LogP) is 2.30. The molecule has 0 spiro atoms. The highest BCUT2D eigenvalue weighted by atomic mass is 35.5. The van der Waals surface area contributed by atoms with Gasteiger partial charge in [-0.25, -0.2) is 4.79 Å². The van der Waals surface area contributed by atoms with Gasteiger partial charge in [-0.1, -0.05) is 12.8 Å². The third-order valence-electron chi connectivity index (χ3n) is 5.42. The minimum absolute atomic E-state index is 0. The maximum Gasteiger partial charge on any atom is 0.326 e. The van der Waals surface area contributed by atoms with E-state index in [1.807, 2.05) is 27.7 Å². The molecule has 1 aliphatic heterocycles. The van der Waals surface area contributed by atoms with Crippen LogP contribution in [-0.2, 0) is 0 Å². The summed E-state index contributed by atoms with van der Waals surface area (Å²) in [5, 5.41) is 3.30. The zero-order valence-corrected chi connectivity index (χ0v) is 15.3. The fraction of sp³-hybridized carbons (Fsp3) is 0.556. The summed E-state index contributed by atoms with van der Waals surface area (Å²) in [5.74, 6) is 0.0420. The molecule has 2 N–H and O–H groups in total. The summed E-state index contributed by atoms with van der Waals surface area (Å²) < 4.78 is 1.88. The van der Waals surface area contributed by atoms with Crippen molar-refractivity contribution < 1.29 is 4.79 Å². The standard InChI is InChI=1S/C18H24N4O2.ClH/c1-12-11-19-8-9-21(12)17(23)13-6-7-16-15(10-13)20-18(24)22(16)14-4-2-3-5-14;/h6-7,10,12,14,19H,2-5,8-9,11H2,1H3,(H,20,24);1H. The van der Waals surface area contributed by atoms with Gasteiger partial charge in [0.2, 0.25) is 0 Å². The van der Waals surface area contributed by atoms with Crippen LogP contribution in [0.25, 0.3) is 11.0 Å². The van der Waals surface area contributed by atoms with Crippen LogP contribution in [0, 0.1) is 0 Å². The normalized spacial score (nSPS) is 21.5. The van der Waals surface area contributed by atoms with Gasteiger partial charge in [0.25, 0.3) is 5.91 Å². The van der Waals surface area contributed by atoms with Gasteiger partial charge in [-0.15, -0.1) is 12.4 Å². The van der Waals surface area contributed by atoms with Crippen molar-refractivity contribution in [2.75, 3.05) is 19.6 Å². The monoisotopic (exact) mass is 364 g/mol. The fourth-order valence-electron chi connectivity index (χ4n) is 4.10. The average Bonchev–Trinajstić information content (AvgIpc) is 3.20. The Morgan fingerprint density at radius 1 is 1.24 bits per heavy atom. The molecule has 2 heterocycles. The molecule has 1 unspecified atom stereocenters. The smallest absolute Gasteiger partial charge is 0.326 e. The predicted molar refractivity (Wildman–Crippen MR) is 101 cm³/mol. The maximum atomic E-state index is 12.8. The number of aromatic nitrogens is 2. The first kappa shape index (κ1) is 18.0. The van der Waals surface area contributed by atoms with Crippen LogP contribution in [-0.4, -0.2) is 46.0 Å². The van der Waals surface area contributed by atoms with Gasteiger partial charge in [0.1, 0.15) is 0 Å². The summed E-state index contributed by atoms with van der Waals surface area (Å²) >= 11 is 0. The third-order valence-corrected chi connectivity index (χ3v) is 5.42. The second-order valence-corrected chi connectivity index (χ2v) is 7.02. The Morgan fingerprint density at radius 3 is 2.72 bits per heavy atom. The van der Waals surface area contributed by atoms with Crippen LogP contribution in [0.4, 0.5) is 0 Å². The van der Waals surface area contributed by atoms with Crippen LogP contribution in [0.3, 0.4) is 0 Å². The molecule has 136 valence electrons. The molecule has 1 saturated heterocycles.